The Labute approximate surface area is 146 Å². The highest BCUT2D eigenvalue weighted by Crippen LogP contribution is 2.32. The van der Waals surface area contributed by atoms with Crippen LogP contribution in [0, 0.1) is 6.92 Å². The Morgan fingerprint density at radius 2 is 1.79 bits per heavy atom. The number of ether oxygens (including phenoxy) is 1. The lowest BCUT2D eigenvalue weighted by atomic mass is 9.86. The van der Waals surface area contributed by atoms with Crippen molar-refractivity contribution in [3.63, 3.8) is 0 Å². The first kappa shape index (κ1) is 22.7. The fraction of sp³-hybridized carbons (Fsp3) is 0.611. The number of rotatable bonds is 6. The van der Waals surface area contributed by atoms with Gasteiger partial charge in [0.2, 0.25) is 0 Å². The number of unbranched alkanes of at least 4 members (excludes halogenated alkanes) is 1. The number of aryl methyl sites for hydroxylation is 1. The lowest BCUT2D eigenvalue weighted by Gasteiger charge is -2.22. The zero-order valence-corrected chi connectivity index (χ0v) is 16.5. The molecule has 1 atom stereocenters. The van der Waals surface area contributed by atoms with Gasteiger partial charge in [0.1, 0.15) is 12.4 Å². The normalized spacial score (nSPS) is 11.4. The first-order valence-electron chi connectivity index (χ1n) is 8.22. The monoisotopic (exact) mass is 357 g/mol. The van der Waals surface area contributed by atoms with Crippen molar-refractivity contribution in [3.05, 3.63) is 29.3 Å². The van der Waals surface area contributed by atoms with Crippen LogP contribution in [-0.4, -0.2) is 17.5 Å². The Morgan fingerprint density at radius 3 is 2.25 bits per heavy atom. The maximum Gasteiger partial charge on any atom is 0.694 e. The van der Waals surface area contributed by atoms with Gasteiger partial charge in [0.05, 0.1) is 6.42 Å². The Morgan fingerprint density at radius 1 is 1.21 bits per heavy atom. The summed E-state index contributed by atoms with van der Waals surface area (Å²) in [5.74, 6) is 0.0360. The van der Waals surface area contributed by atoms with Gasteiger partial charge in [-0.05, 0) is 24.0 Å². The molecule has 0 aliphatic heterocycles. The van der Waals surface area contributed by atoms with Crippen molar-refractivity contribution in [2.24, 2.45) is 0 Å². The standard InChI is InChI=1S/C14H19O5P.C4H10/c1-10-5-6-11(14(2,3)4)12(9-10)19-13(15)7-8-18-20(16)17;1-3-4-2/h5-6,9H,7-8H2,1-4H3;3-4H2,1-2H3/p+1. The third-order valence-corrected chi connectivity index (χ3v) is 3.58. The topological polar surface area (TPSA) is 72.8 Å². The average molecular weight is 357 g/mol. The van der Waals surface area contributed by atoms with E-state index in [1.807, 2.05) is 45.9 Å². The second kappa shape index (κ2) is 11.3. The molecular weight excluding hydrogens is 327 g/mol. The van der Waals surface area contributed by atoms with Crippen LogP contribution in [-0.2, 0) is 19.3 Å². The molecule has 0 radical (unpaired) electrons. The second-order valence-electron chi connectivity index (χ2n) is 6.54. The Balaban J connectivity index is 0.00000118. The maximum atomic E-state index is 11.7. The summed E-state index contributed by atoms with van der Waals surface area (Å²) in [4.78, 5) is 20.2. The molecule has 0 amide bonds. The molecule has 6 heteroatoms. The second-order valence-corrected chi connectivity index (χ2v) is 7.28. The van der Waals surface area contributed by atoms with E-state index in [-0.39, 0.29) is 18.4 Å². The van der Waals surface area contributed by atoms with E-state index >= 15 is 0 Å². The molecule has 0 aliphatic carbocycles. The van der Waals surface area contributed by atoms with Gasteiger partial charge in [0.25, 0.3) is 0 Å². The molecule has 1 aromatic carbocycles. The van der Waals surface area contributed by atoms with Crippen LogP contribution in [0.25, 0.3) is 0 Å². The van der Waals surface area contributed by atoms with E-state index in [2.05, 4.69) is 18.4 Å². The van der Waals surface area contributed by atoms with Gasteiger partial charge < -0.3 is 4.74 Å². The van der Waals surface area contributed by atoms with Crippen LogP contribution in [0.4, 0.5) is 0 Å². The summed E-state index contributed by atoms with van der Waals surface area (Å²) in [7, 11) is -2.68. The molecule has 136 valence electrons. The SMILES string of the molecule is CCCC.Cc1ccc(C(C)(C)C)c(OC(=O)CCO[P+](=O)O)c1. The highest BCUT2D eigenvalue weighted by Gasteiger charge is 2.21. The number of hydrogen-bond donors (Lipinski definition) is 1. The molecule has 1 rings (SSSR count). The van der Waals surface area contributed by atoms with Gasteiger partial charge in [-0.1, -0.05) is 59.6 Å². The minimum atomic E-state index is -2.68. The summed E-state index contributed by atoms with van der Waals surface area (Å²) in [6, 6.07) is 5.72. The molecule has 1 unspecified atom stereocenters. The van der Waals surface area contributed by atoms with Gasteiger partial charge in [-0.25, -0.2) is 0 Å². The van der Waals surface area contributed by atoms with Crippen LogP contribution in [0.5, 0.6) is 5.75 Å². The van der Waals surface area contributed by atoms with E-state index in [4.69, 9.17) is 9.63 Å². The zero-order valence-electron chi connectivity index (χ0n) is 15.6. The predicted molar refractivity (Wildman–Crippen MR) is 96.5 cm³/mol. The molecule has 0 saturated heterocycles. The van der Waals surface area contributed by atoms with Gasteiger partial charge in [0, 0.05) is 10.1 Å². The molecule has 0 bridgehead atoms. The number of esters is 1. The lowest BCUT2D eigenvalue weighted by Crippen LogP contribution is -2.17. The summed E-state index contributed by atoms with van der Waals surface area (Å²) in [6.07, 6.45) is 2.57. The maximum absolute atomic E-state index is 11.7. The van der Waals surface area contributed by atoms with Crippen molar-refractivity contribution >= 4 is 14.2 Å². The van der Waals surface area contributed by atoms with E-state index in [0.717, 1.165) is 11.1 Å². The van der Waals surface area contributed by atoms with E-state index in [0.29, 0.717) is 5.75 Å². The van der Waals surface area contributed by atoms with Crippen LogP contribution >= 0.6 is 8.25 Å². The molecule has 0 fully saturated rings. The molecular formula is C18H30O5P+. The smallest absolute Gasteiger partial charge is 0.426 e. The van der Waals surface area contributed by atoms with Crippen LogP contribution in [0.3, 0.4) is 0 Å². The highest BCUT2D eigenvalue weighted by molar-refractivity contribution is 7.32. The summed E-state index contributed by atoms with van der Waals surface area (Å²) in [6.45, 7) is 12.3. The first-order chi connectivity index (χ1) is 11.1. The Hall–Kier alpha value is -1.29. The lowest BCUT2D eigenvalue weighted by molar-refractivity contribution is -0.134. The summed E-state index contributed by atoms with van der Waals surface area (Å²) >= 11 is 0. The van der Waals surface area contributed by atoms with Crippen LogP contribution in [0.15, 0.2) is 18.2 Å². The van der Waals surface area contributed by atoms with E-state index in [9.17, 15) is 9.36 Å². The predicted octanol–water partition coefficient (Wildman–Crippen LogP) is 5.06. The number of hydrogen-bond acceptors (Lipinski definition) is 4. The molecule has 0 saturated carbocycles. The molecule has 0 aliphatic rings. The van der Waals surface area contributed by atoms with Crippen LogP contribution in [0.1, 0.15) is 65.0 Å². The summed E-state index contributed by atoms with van der Waals surface area (Å²) in [5, 5.41) is 0. The van der Waals surface area contributed by atoms with Crippen molar-refractivity contribution in [2.75, 3.05) is 6.61 Å². The quantitative estimate of drug-likeness (QED) is 0.438. The highest BCUT2D eigenvalue weighted by atomic mass is 31.1. The molecule has 1 aromatic rings. The van der Waals surface area contributed by atoms with Gasteiger partial charge in [-0.3, -0.25) is 4.79 Å². The Bertz CT molecular complexity index is 533. The van der Waals surface area contributed by atoms with Crippen LogP contribution in [0.2, 0.25) is 0 Å². The fourth-order valence-corrected chi connectivity index (χ4v) is 1.96. The van der Waals surface area contributed by atoms with E-state index < -0.39 is 14.2 Å². The van der Waals surface area contributed by atoms with Crippen molar-refractivity contribution in [2.45, 2.75) is 66.2 Å². The number of carbonyl (C=O) groups excluding carboxylic acids is 1. The van der Waals surface area contributed by atoms with E-state index in [1.54, 1.807) is 0 Å². The number of carbonyl (C=O) groups is 1. The van der Waals surface area contributed by atoms with Crippen molar-refractivity contribution in [3.8, 4) is 5.75 Å². The van der Waals surface area contributed by atoms with Crippen LogP contribution < -0.4 is 4.74 Å². The third-order valence-electron chi connectivity index (χ3n) is 3.18. The Kier molecular flexibility index (Phi) is 10.7. The molecule has 0 aromatic heterocycles. The van der Waals surface area contributed by atoms with Gasteiger partial charge >= 0.3 is 14.2 Å². The minimum absolute atomic E-state index is 0.0703. The molecule has 24 heavy (non-hydrogen) atoms. The van der Waals surface area contributed by atoms with Gasteiger partial charge in [0.15, 0.2) is 0 Å². The van der Waals surface area contributed by atoms with Gasteiger partial charge in [-0.2, -0.15) is 0 Å². The summed E-state index contributed by atoms with van der Waals surface area (Å²) in [5.41, 5.74) is 1.79. The number of benzene rings is 1. The zero-order chi connectivity index (χ0) is 18.8. The molecule has 5 nitrogen and oxygen atoms in total. The van der Waals surface area contributed by atoms with Crippen molar-refractivity contribution in [1.82, 2.24) is 0 Å². The van der Waals surface area contributed by atoms with E-state index in [1.165, 1.54) is 12.8 Å². The molecule has 0 heterocycles. The summed E-state index contributed by atoms with van der Waals surface area (Å²) < 4.78 is 20.1. The molecule has 1 N–H and O–H groups in total. The third kappa shape index (κ3) is 9.76. The van der Waals surface area contributed by atoms with Crippen molar-refractivity contribution in [1.29, 1.82) is 0 Å². The van der Waals surface area contributed by atoms with Gasteiger partial charge in [-0.15, -0.1) is 9.42 Å². The minimum Gasteiger partial charge on any atom is -0.426 e. The first-order valence-corrected chi connectivity index (χ1v) is 9.35. The van der Waals surface area contributed by atoms with Crippen molar-refractivity contribution < 1.29 is 23.5 Å². The fourth-order valence-electron chi connectivity index (χ4n) is 1.71. The average Bonchev–Trinajstić information content (AvgIpc) is 2.45. The molecule has 0 spiro atoms. The largest absolute Gasteiger partial charge is 0.694 e.